The highest BCUT2D eigenvalue weighted by molar-refractivity contribution is 5.85. The lowest BCUT2D eigenvalue weighted by molar-refractivity contribution is -0.384. The number of anilines is 3. The summed E-state index contributed by atoms with van der Waals surface area (Å²) < 4.78 is 12.5. The van der Waals surface area contributed by atoms with E-state index >= 15 is 0 Å². The lowest BCUT2D eigenvalue weighted by Gasteiger charge is -2.29. The Bertz CT molecular complexity index is 1480. The molecule has 2 aromatic carbocycles. The molecule has 38 heavy (non-hydrogen) atoms. The van der Waals surface area contributed by atoms with Gasteiger partial charge in [-0.05, 0) is 6.92 Å². The standard InChI is InChI=1S/C26H25N7O5/c1-17-14-27-26(29-25(17)32-15-19(16-34)24(30-32)18-6-4-3-5-7-18)28-20-12-22(33(35)36)21(13-23(20)37-2)31-8-10-38-11-9-31/h3-7,12-16H,8-11H2,1-2H3,(H,27,28,29). The van der Waals surface area contributed by atoms with Crippen LogP contribution in [0.2, 0.25) is 0 Å². The van der Waals surface area contributed by atoms with Gasteiger partial charge in [0.05, 0.1) is 36.5 Å². The molecule has 0 amide bonds. The number of benzene rings is 2. The molecule has 0 atom stereocenters. The van der Waals surface area contributed by atoms with Gasteiger partial charge in [0.2, 0.25) is 5.95 Å². The first-order chi connectivity index (χ1) is 18.5. The zero-order valence-electron chi connectivity index (χ0n) is 20.8. The molecule has 4 aromatic rings. The minimum Gasteiger partial charge on any atom is -0.494 e. The van der Waals surface area contributed by atoms with Crippen LogP contribution in [0.25, 0.3) is 17.1 Å². The van der Waals surface area contributed by atoms with E-state index in [0.717, 1.165) is 17.4 Å². The van der Waals surface area contributed by atoms with E-state index in [1.54, 1.807) is 18.5 Å². The third-order valence-corrected chi connectivity index (χ3v) is 6.17. The van der Waals surface area contributed by atoms with Gasteiger partial charge in [-0.3, -0.25) is 14.9 Å². The summed E-state index contributed by atoms with van der Waals surface area (Å²) in [5.41, 5.74) is 3.19. The number of aldehydes is 1. The SMILES string of the molecule is COc1cc(N2CCOCC2)c([N+](=O)[O-])cc1Nc1ncc(C)c(-n2cc(C=O)c(-c3ccccc3)n2)n1. The van der Waals surface area contributed by atoms with Crippen LogP contribution in [0.4, 0.5) is 23.0 Å². The van der Waals surface area contributed by atoms with Crippen LogP contribution < -0.4 is 15.0 Å². The third kappa shape index (κ3) is 4.89. The highest BCUT2D eigenvalue weighted by Crippen LogP contribution is 2.39. The topological polar surface area (TPSA) is 138 Å². The van der Waals surface area contributed by atoms with Gasteiger partial charge in [-0.15, -0.1) is 0 Å². The lowest BCUT2D eigenvalue weighted by atomic mass is 10.1. The molecule has 1 N–H and O–H groups in total. The lowest BCUT2D eigenvalue weighted by Crippen LogP contribution is -2.36. The molecule has 12 nitrogen and oxygen atoms in total. The van der Waals surface area contributed by atoms with Crippen molar-refractivity contribution in [3.8, 4) is 22.8 Å². The number of methoxy groups -OCH3 is 1. The fourth-order valence-corrected chi connectivity index (χ4v) is 4.28. The number of carbonyl (C=O) groups is 1. The Hall–Kier alpha value is -4.84. The molecule has 0 unspecified atom stereocenters. The van der Waals surface area contributed by atoms with Crippen molar-refractivity contribution < 1.29 is 19.2 Å². The minimum atomic E-state index is -0.424. The Balaban J connectivity index is 1.51. The van der Waals surface area contributed by atoms with E-state index in [9.17, 15) is 14.9 Å². The molecule has 194 valence electrons. The Morgan fingerprint density at radius 3 is 2.63 bits per heavy atom. The van der Waals surface area contributed by atoms with Gasteiger partial charge in [-0.2, -0.15) is 10.1 Å². The highest BCUT2D eigenvalue weighted by atomic mass is 16.6. The number of ether oxygens (including phenoxy) is 2. The molecule has 5 rings (SSSR count). The van der Waals surface area contributed by atoms with Crippen LogP contribution in [0.15, 0.2) is 54.9 Å². The molecule has 0 bridgehead atoms. The fourth-order valence-electron chi connectivity index (χ4n) is 4.28. The van der Waals surface area contributed by atoms with E-state index in [4.69, 9.17) is 9.47 Å². The molecule has 2 aromatic heterocycles. The second-order valence-corrected chi connectivity index (χ2v) is 8.58. The summed E-state index contributed by atoms with van der Waals surface area (Å²) >= 11 is 0. The van der Waals surface area contributed by atoms with Crippen molar-refractivity contribution in [2.24, 2.45) is 0 Å². The number of nitrogens with one attached hydrogen (secondary N) is 1. The zero-order chi connectivity index (χ0) is 26.6. The first kappa shape index (κ1) is 24.8. The number of hydrogen-bond donors (Lipinski definition) is 1. The summed E-state index contributed by atoms with van der Waals surface area (Å²) in [7, 11) is 1.49. The molecule has 0 saturated carbocycles. The van der Waals surface area contributed by atoms with E-state index in [1.807, 2.05) is 42.2 Å². The van der Waals surface area contributed by atoms with Crippen molar-refractivity contribution in [1.82, 2.24) is 19.7 Å². The molecule has 1 aliphatic rings. The number of aryl methyl sites for hydroxylation is 1. The quantitative estimate of drug-likeness (QED) is 0.209. The molecule has 0 spiro atoms. The van der Waals surface area contributed by atoms with Crippen LogP contribution in [0.5, 0.6) is 5.75 Å². The maximum absolute atomic E-state index is 11.9. The normalized spacial score (nSPS) is 13.3. The second-order valence-electron chi connectivity index (χ2n) is 8.58. The number of rotatable bonds is 8. The van der Waals surface area contributed by atoms with Gasteiger partial charge in [-0.1, -0.05) is 30.3 Å². The number of aromatic nitrogens is 4. The monoisotopic (exact) mass is 515 g/mol. The molecule has 1 fully saturated rings. The molecule has 12 heteroatoms. The molecule has 1 saturated heterocycles. The Morgan fingerprint density at radius 1 is 1.18 bits per heavy atom. The van der Waals surface area contributed by atoms with Crippen molar-refractivity contribution in [2.45, 2.75) is 6.92 Å². The van der Waals surface area contributed by atoms with E-state index < -0.39 is 4.92 Å². The van der Waals surface area contributed by atoms with Crippen LogP contribution >= 0.6 is 0 Å². The second kappa shape index (κ2) is 10.6. The van der Waals surface area contributed by atoms with Gasteiger partial charge in [0.25, 0.3) is 5.69 Å². The van der Waals surface area contributed by atoms with Crippen LogP contribution in [0.1, 0.15) is 15.9 Å². The average Bonchev–Trinajstić information content (AvgIpc) is 3.39. The molecular weight excluding hydrogens is 490 g/mol. The van der Waals surface area contributed by atoms with Gasteiger partial charge < -0.3 is 19.7 Å². The van der Waals surface area contributed by atoms with Crippen LogP contribution in [-0.4, -0.2) is 64.4 Å². The smallest absolute Gasteiger partial charge is 0.294 e. The number of morpholine rings is 1. The summed E-state index contributed by atoms with van der Waals surface area (Å²) in [5.74, 6) is 1.03. The van der Waals surface area contributed by atoms with Crippen molar-refractivity contribution in [3.05, 3.63) is 76.1 Å². The summed E-state index contributed by atoms with van der Waals surface area (Å²) in [6, 6.07) is 12.4. The van der Waals surface area contributed by atoms with E-state index in [-0.39, 0.29) is 11.6 Å². The number of hydrogen-bond acceptors (Lipinski definition) is 10. The molecule has 0 aliphatic carbocycles. The van der Waals surface area contributed by atoms with Crippen molar-refractivity contribution >= 4 is 29.3 Å². The predicted molar refractivity (Wildman–Crippen MR) is 141 cm³/mol. The van der Waals surface area contributed by atoms with Gasteiger partial charge in [0.1, 0.15) is 17.1 Å². The molecular formula is C26H25N7O5. The fraction of sp³-hybridized carbons (Fsp3) is 0.231. The number of carbonyl (C=O) groups excluding carboxylic acids is 1. The average molecular weight is 516 g/mol. The van der Waals surface area contributed by atoms with E-state index in [0.29, 0.717) is 60.5 Å². The summed E-state index contributed by atoms with van der Waals surface area (Å²) in [6.07, 6.45) is 3.97. The molecule has 0 radical (unpaired) electrons. The summed E-state index contributed by atoms with van der Waals surface area (Å²) in [4.78, 5) is 34.1. The largest absolute Gasteiger partial charge is 0.494 e. The van der Waals surface area contributed by atoms with Crippen LogP contribution in [0, 0.1) is 17.0 Å². The van der Waals surface area contributed by atoms with Gasteiger partial charge in [0.15, 0.2) is 12.1 Å². The summed E-state index contributed by atoms with van der Waals surface area (Å²) in [6.45, 7) is 3.89. The van der Waals surface area contributed by atoms with E-state index in [2.05, 4.69) is 20.4 Å². The van der Waals surface area contributed by atoms with Gasteiger partial charge in [0, 0.05) is 48.7 Å². The van der Waals surface area contributed by atoms with Crippen LogP contribution in [0.3, 0.4) is 0 Å². The number of nitrogens with zero attached hydrogens (tertiary/aromatic N) is 6. The first-order valence-electron chi connectivity index (χ1n) is 11.9. The molecule has 3 heterocycles. The highest BCUT2D eigenvalue weighted by Gasteiger charge is 2.25. The van der Waals surface area contributed by atoms with Gasteiger partial charge >= 0.3 is 0 Å². The maximum atomic E-state index is 11.9. The van der Waals surface area contributed by atoms with Crippen molar-refractivity contribution in [3.63, 3.8) is 0 Å². The Morgan fingerprint density at radius 2 is 1.95 bits per heavy atom. The Kier molecular flexibility index (Phi) is 6.96. The van der Waals surface area contributed by atoms with E-state index in [1.165, 1.54) is 17.9 Å². The number of nitro groups is 1. The Labute approximate surface area is 218 Å². The maximum Gasteiger partial charge on any atom is 0.294 e. The van der Waals surface area contributed by atoms with Crippen molar-refractivity contribution in [1.29, 1.82) is 0 Å². The number of nitro benzene ring substituents is 1. The minimum absolute atomic E-state index is 0.0715. The zero-order valence-corrected chi connectivity index (χ0v) is 20.8. The predicted octanol–water partition coefficient (Wildman–Crippen LogP) is 3.95. The summed E-state index contributed by atoms with van der Waals surface area (Å²) in [5, 5.41) is 19.6. The van der Waals surface area contributed by atoms with Crippen LogP contribution in [-0.2, 0) is 4.74 Å². The van der Waals surface area contributed by atoms with Gasteiger partial charge in [-0.25, -0.2) is 9.67 Å². The molecule has 1 aliphatic heterocycles. The van der Waals surface area contributed by atoms with Crippen molar-refractivity contribution in [2.75, 3.05) is 43.6 Å². The first-order valence-corrected chi connectivity index (χ1v) is 11.9. The third-order valence-electron chi connectivity index (χ3n) is 6.17.